The van der Waals surface area contributed by atoms with Gasteiger partial charge in [-0.05, 0) is 12.1 Å². The number of nitrogens with one attached hydrogen (secondary N) is 1. The Morgan fingerprint density at radius 3 is 2.89 bits per heavy atom. The van der Waals surface area contributed by atoms with Crippen molar-refractivity contribution in [2.24, 2.45) is 0 Å². The highest BCUT2D eigenvalue weighted by molar-refractivity contribution is 7.15. The van der Waals surface area contributed by atoms with Crippen LogP contribution in [0, 0.1) is 0 Å². The summed E-state index contributed by atoms with van der Waals surface area (Å²) in [6, 6.07) is 15.4. The fourth-order valence-corrected chi connectivity index (χ4v) is 3.92. The highest BCUT2D eigenvalue weighted by Gasteiger charge is 2.16. The van der Waals surface area contributed by atoms with Crippen LogP contribution < -0.4 is 14.8 Å². The van der Waals surface area contributed by atoms with Crippen LogP contribution in [0.3, 0.4) is 0 Å². The number of imidazole rings is 1. The fraction of sp³-hybridized carbons (Fsp3) is 0.100. The van der Waals surface area contributed by atoms with E-state index in [2.05, 4.69) is 10.3 Å². The van der Waals surface area contributed by atoms with Gasteiger partial charge in [-0.25, -0.2) is 4.98 Å². The standard InChI is InChI=1S/C20H15N3O3S/c24-19(21-14-6-7-17-18(8-14)26-12-25-17)9-15-11-27-20-22-16(10-23(15)20)13-4-2-1-3-5-13/h1-8,10-11H,9,12H2,(H,21,24). The normalized spacial score (nSPS) is 12.4. The van der Waals surface area contributed by atoms with Gasteiger partial charge in [-0.15, -0.1) is 11.3 Å². The Hall–Kier alpha value is -3.32. The number of hydrogen-bond acceptors (Lipinski definition) is 5. The van der Waals surface area contributed by atoms with E-state index in [4.69, 9.17) is 9.47 Å². The van der Waals surface area contributed by atoms with Crippen LogP contribution in [0.15, 0.2) is 60.1 Å². The first-order chi connectivity index (χ1) is 13.3. The minimum atomic E-state index is -0.0940. The van der Waals surface area contributed by atoms with Crippen molar-refractivity contribution in [3.05, 3.63) is 65.8 Å². The van der Waals surface area contributed by atoms with Gasteiger partial charge in [0.15, 0.2) is 16.5 Å². The van der Waals surface area contributed by atoms with E-state index in [1.807, 2.05) is 46.3 Å². The lowest BCUT2D eigenvalue weighted by molar-refractivity contribution is -0.115. The molecule has 7 heteroatoms. The molecule has 0 unspecified atom stereocenters. The lowest BCUT2D eigenvalue weighted by atomic mass is 10.2. The molecule has 27 heavy (non-hydrogen) atoms. The number of fused-ring (bicyclic) bond motifs is 2. The molecule has 134 valence electrons. The third-order valence-electron chi connectivity index (χ3n) is 4.35. The van der Waals surface area contributed by atoms with Gasteiger partial charge in [-0.2, -0.15) is 0 Å². The molecule has 2 aromatic heterocycles. The molecule has 0 saturated heterocycles. The number of rotatable bonds is 4. The Bertz CT molecular complexity index is 1130. The minimum absolute atomic E-state index is 0.0940. The zero-order valence-corrected chi connectivity index (χ0v) is 15.0. The van der Waals surface area contributed by atoms with E-state index in [1.54, 1.807) is 18.2 Å². The Kier molecular flexibility index (Phi) is 3.79. The number of nitrogens with zero attached hydrogens (tertiary/aromatic N) is 2. The van der Waals surface area contributed by atoms with Crippen molar-refractivity contribution in [2.45, 2.75) is 6.42 Å². The SMILES string of the molecule is O=C(Cc1csc2nc(-c3ccccc3)cn12)Nc1ccc2c(c1)OCO2. The highest BCUT2D eigenvalue weighted by atomic mass is 32.1. The van der Waals surface area contributed by atoms with Gasteiger partial charge in [0.1, 0.15) is 0 Å². The van der Waals surface area contributed by atoms with Gasteiger partial charge in [-0.3, -0.25) is 9.20 Å². The summed E-state index contributed by atoms with van der Waals surface area (Å²) in [6.07, 6.45) is 2.24. The molecule has 1 aliphatic heterocycles. The van der Waals surface area contributed by atoms with Gasteiger partial charge in [0.25, 0.3) is 0 Å². The van der Waals surface area contributed by atoms with Gasteiger partial charge in [0, 0.05) is 34.6 Å². The summed E-state index contributed by atoms with van der Waals surface area (Å²) in [5, 5.41) is 4.88. The zero-order valence-electron chi connectivity index (χ0n) is 14.2. The Morgan fingerprint density at radius 2 is 2.00 bits per heavy atom. The summed E-state index contributed by atoms with van der Waals surface area (Å²) in [5.41, 5.74) is 3.55. The van der Waals surface area contributed by atoms with Gasteiger partial charge < -0.3 is 14.8 Å². The Morgan fingerprint density at radius 1 is 1.15 bits per heavy atom. The van der Waals surface area contributed by atoms with Crippen molar-refractivity contribution in [1.29, 1.82) is 0 Å². The second-order valence-corrected chi connectivity index (χ2v) is 7.00. The quantitative estimate of drug-likeness (QED) is 0.584. The Balaban J connectivity index is 1.35. The Labute approximate surface area is 159 Å². The third kappa shape index (κ3) is 3.02. The molecule has 0 atom stereocenters. The fourth-order valence-electron chi connectivity index (χ4n) is 3.05. The van der Waals surface area contributed by atoms with Crippen LogP contribution >= 0.6 is 11.3 Å². The number of carbonyl (C=O) groups excluding carboxylic acids is 1. The van der Waals surface area contributed by atoms with Gasteiger partial charge in [0.2, 0.25) is 12.7 Å². The van der Waals surface area contributed by atoms with Crippen molar-refractivity contribution in [3.63, 3.8) is 0 Å². The average molecular weight is 377 g/mol. The van der Waals surface area contributed by atoms with E-state index in [0.717, 1.165) is 21.9 Å². The maximum atomic E-state index is 12.5. The molecule has 0 saturated carbocycles. The molecule has 0 radical (unpaired) electrons. The van der Waals surface area contributed by atoms with Gasteiger partial charge >= 0.3 is 0 Å². The topological polar surface area (TPSA) is 64.9 Å². The van der Waals surface area contributed by atoms with Crippen LogP contribution in [0.2, 0.25) is 0 Å². The monoisotopic (exact) mass is 377 g/mol. The van der Waals surface area contributed by atoms with E-state index in [1.165, 1.54) is 11.3 Å². The molecule has 6 nitrogen and oxygen atoms in total. The first-order valence-electron chi connectivity index (χ1n) is 8.47. The predicted molar refractivity (Wildman–Crippen MR) is 103 cm³/mol. The summed E-state index contributed by atoms with van der Waals surface area (Å²) in [7, 11) is 0. The number of ether oxygens (including phenoxy) is 2. The van der Waals surface area contributed by atoms with Crippen LogP contribution in [0.1, 0.15) is 5.69 Å². The lowest BCUT2D eigenvalue weighted by Crippen LogP contribution is -2.15. The smallest absolute Gasteiger partial charge is 0.231 e. The maximum Gasteiger partial charge on any atom is 0.231 e. The number of benzene rings is 2. The van der Waals surface area contributed by atoms with Crippen molar-refractivity contribution in [1.82, 2.24) is 9.38 Å². The molecule has 1 aliphatic rings. The lowest BCUT2D eigenvalue weighted by Gasteiger charge is -2.06. The number of carbonyl (C=O) groups is 1. The molecular formula is C20H15N3O3S. The molecule has 0 fully saturated rings. The second-order valence-electron chi connectivity index (χ2n) is 6.16. The molecule has 3 heterocycles. The van der Waals surface area contributed by atoms with E-state index < -0.39 is 0 Å². The molecule has 1 amide bonds. The highest BCUT2D eigenvalue weighted by Crippen LogP contribution is 2.34. The first-order valence-corrected chi connectivity index (χ1v) is 9.35. The van der Waals surface area contributed by atoms with E-state index in [-0.39, 0.29) is 19.1 Å². The molecule has 5 rings (SSSR count). The summed E-state index contributed by atoms with van der Waals surface area (Å²) in [4.78, 5) is 18.0. The zero-order chi connectivity index (χ0) is 18.2. The number of anilines is 1. The average Bonchev–Trinajstić information content (AvgIpc) is 3.39. The van der Waals surface area contributed by atoms with Crippen molar-refractivity contribution in [2.75, 3.05) is 12.1 Å². The van der Waals surface area contributed by atoms with E-state index in [9.17, 15) is 4.79 Å². The van der Waals surface area contributed by atoms with E-state index in [0.29, 0.717) is 17.2 Å². The van der Waals surface area contributed by atoms with Crippen molar-refractivity contribution >= 4 is 27.9 Å². The number of hydrogen-bond donors (Lipinski definition) is 1. The molecule has 0 aliphatic carbocycles. The van der Waals surface area contributed by atoms with Crippen molar-refractivity contribution < 1.29 is 14.3 Å². The summed E-state index contributed by atoms with van der Waals surface area (Å²) in [6.45, 7) is 0.212. The first kappa shape index (κ1) is 15.9. The van der Waals surface area contributed by atoms with Crippen LogP contribution in [-0.2, 0) is 11.2 Å². The maximum absolute atomic E-state index is 12.5. The van der Waals surface area contributed by atoms with Crippen LogP contribution in [-0.4, -0.2) is 22.1 Å². The van der Waals surface area contributed by atoms with E-state index >= 15 is 0 Å². The third-order valence-corrected chi connectivity index (χ3v) is 5.24. The van der Waals surface area contributed by atoms with Crippen LogP contribution in [0.4, 0.5) is 5.69 Å². The number of aromatic nitrogens is 2. The summed E-state index contributed by atoms with van der Waals surface area (Å²) >= 11 is 1.53. The molecule has 0 bridgehead atoms. The van der Waals surface area contributed by atoms with Crippen LogP contribution in [0.5, 0.6) is 11.5 Å². The number of thiazole rings is 1. The number of amides is 1. The summed E-state index contributed by atoms with van der Waals surface area (Å²) < 4.78 is 12.6. The molecular weight excluding hydrogens is 362 g/mol. The molecule has 0 spiro atoms. The van der Waals surface area contributed by atoms with Gasteiger partial charge in [0.05, 0.1) is 12.1 Å². The second kappa shape index (κ2) is 6.44. The van der Waals surface area contributed by atoms with Crippen LogP contribution in [0.25, 0.3) is 16.2 Å². The largest absolute Gasteiger partial charge is 0.454 e. The van der Waals surface area contributed by atoms with Gasteiger partial charge in [-0.1, -0.05) is 30.3 Å². The molecule has 4 aromatic rings. The summed E-state index contributed by atoms with van der Waals surface area (Å²) in [5.74, 6) is 1.25. The van der Waals surface area contributed by atoms with Crippen molar-refractivity contribution in [3.8, 4) is 22.8 Å². The predicted octanol–water partition coefficient (Wildman–Crippen LogP) is 3.97. The molecule has 2 aromatic carbocycles. The molecule has 1 N–H and O–H groups in total. The minimum Gasteiger partial charge on any atom is -0.454 e.